The standard InChI is InChI=1S/C9H19NS.C2H6/c1-6-7-8(2)10-11-9(3,4)5;1-2/h6,8,10H,1,7H2,2-5H3;1-2H3. The van der Waals surface area contributed by atoms with Crippen LogP contribution in [0.15, 0.2) is 12.7 Å². The van der Waals surface area contributed by atoms with E-state index in [0.29, 0.717) is 10.8 Å². The van der Waals surface area contributed by atoms with Crippen LogP contribution in [0.4, 0.5) is 0 Å². The molecule has 0 aromatic heterocycles. The van der Waals surface area contributed by atoms with E-state index >= 15 is 0 Å². The van der Waals surface area contributed by atoms with Crippen LogP contribution in [0.3, 0.4) is 0 Å². The van der Waals surface area contributed by atoms with Crippen molar-refractivity contribution in [2.45, 2.75) is 58.8 Å². The highest BCUT2D eigenvalue weighted by molar-refractivity contribution is 7.98. The van der Waals surface area contributed by atoms with E-state index in [2.05, 4.69) is 39.0 Å². The normalized spacial score (nSPS) is 12.8. The second-order valence-corrected chi connectivity index (χ2v) is 5.42. The molecular formula is C11H25NS. The van der Waals surface area contributed by atoms with Gasteiger partial charge >= 0.3 is 0 Å². The molecule has 1 atom stereocenters. The molecule has 80 valence electrons. The topological polar surface area (TPSA) is 12.0 Å². The summed E-state index contributed by atoms with van der Waals surface area (Å²) in [4.78, 5) is 0. The van der Waals surface area contributed by atoms with Crippen molar-refractivity contribution in [2.75, 3.05) is 0 Å². The molecule has 0 aliphatic heterocycles. The maximum atomic E-state index is 3.70. The first-order valence-corrected chi connectivity index (χ1v) is 5.82. The smallest absolute Gasteiger partial charge is 0.0220 e. The van der Waals surface area contributed by atoms with Crippen molar-refractivity contribution in [2.24, 2.45) is 0 Å². The molecule has 0 bridgehead atoms. The van der Waals surface area contributed by atoms with Crippen molar-refractivity contribution in [1.82, 2.24) is 4.72 Å². The van der Waals surface area contributed by atoms with Crippen LogP contribution < -0.4 is 4.72 Å². The van der Waals surface area contributed by atoms with Crippen LogP contribution in [-0.2, 0) is 0 Å². The van der Waals surface area contributed by atoms with Gasteiger partial charge < -0.3 is 0 Å². The van der Waals surface area contributed by atoms with Crippen molar-refractivity contribution in [3.05, 3.63) is 12.7 Å². The summed E-state index contributed by atoms with van der Waals surface area (Å²) in [6, 6.07) is 0.525. The fourth-order valence-electron chi connectivity index (χ4n) is 0.575. The maximum absolute atomic E-state index is 3.70. The first-order valence-electron chi connectivity index (χ1n) is 5.00. The van der Waals surface area contributed by atoms with Crippen LogP contribution in [0, 0.1) is 0 Å². The third-order valence-electron chi connectivity index (χ3n) is 1.09. The van der Waals surface area contributed by atoms with E-state index in [1.54, 1.807) is 11.9 Å². The SMILES string of the molecule is C=CCC(C)NSC(C)(C)C.CC. The molecule has 0 aromatic rings. The predicted octanol–water partition coefficient (Wildman–Crippen LogP) is 4.01. The predicted molar refractivity (Wildman–Crippen MR) is 66.1 cm³/mol. The van der Waals surface area contributed by atoms with Crippen molar-refractivity contribution < 1.29 is 0 Å². The minimum atomic E-state index is 0.301. The lowest BCUT2D eigenvalue weighted by molar-refractivity contribution is 0.689. The number of nitrogens with one attached hydrogen (secondary N) is 1. The summed E-state index contributed by atoms with van der Waals surface area (Å²) in [5, 5.41) is 0. The summed E-state index contributed by atoms with van der Waals surface area (Å²) in [5.41, 5.74) is 0. The number of hydrogen-bond donors (Lipinski definition) is 1. The zero-order chi connectivity index (χ0) is 10.9. The fraction of sp³-hybridized carbons (Fsp3) is 0.818. The van der Waals surface area contributed by atoms with Crippen LogP contribution in [0.2, 0.25) is 0 Å². The summed E-state index contributed by atoms with van der Waals surface area (Å²) in [6.45, 7) is 16.5. The summed E-state index contributed by atoms with van der Waals surface area (Å²) in [6.07, 6.45) is 2.98. The number of hydrogen-bond acceptors (Lipinski definition) is 2. The van der Waals surface area contributed by atoms with Gasteiger partial charge in [0.25, 0.3) is 0 Å². The molecule has 1 unspecified atom stereocenters. The average Bonchev–Trinajstić information content (AvgIpc) is 2.04. The molecular weight excluding hydrogens is 178 g/mol. The first kappa shape index (κ1) is 15.5. The van der Waals surface area contributed by atoms with E-state index in [4.69, 9.17) is 0 Å². The molecule has 0 aliphatic carbocycles. The summed E-state index contributed by atoms with van der Waals surface area (Å²) in [5.74, 6) is 0. The second-order valence-electron chi connectivity index (χ2n) is 3.76. The van der Waals surface area contributed by atoms with E-state index in [1.807, 2.05) is 19.9 Å². The van der Waals surface area contributed by atoms with Gasteiger partial charge in [0.2, 0.25) is 0 Å². The molecule has 0 rings (SSSR count). The Balaban J connectivity index is 0. The first-order chi connectivity index (χ1) is 5.95. The lowest BCUT2D eigenvalue weighted by Crippen LogP contribution is -2.24. The Morgan fingerprint density at radius 2 is 1.85 bits per heavy atom. The molecule has 1 N–H and O–H groups in total. The molecule has 0 fully saturated rings. The van der Waals surface area contributed by atoms with Crippen LogP contribution in [-0.4, -0.2) is 10.8 Å². The average molecular weight is 203 g/mol. The molecule has 1 nitrogen and oxygen atoms in total. The zero-order valence-corrected chi connectivity index (χ0v) is 10.8. The van der Waals surface area contributed by atoms with Crippen molar-refractivity contribution >= 4 is 11.9 Å². The van der Waals surface area contributed by atoms with E-state index in [1.165, 1.54) is 0 Å². The highest BCUT2D eigenvalue weighted by Crippen LogP contribution is 2.20. The molecule has 0 aliphatic rings. The van der Waals surface area contributed by atoms with E-state index < -0.39 is 0 Å². The van der Waals surface area contributed by atoms with Gasteiger partial charge in [-0.1, -0.05) is 31.9 Å². The lowest BCUT2D eigenvalue weighted by Gasteiger charge is -2.20. The third-order valence-corrected chi connectivity index (χ3v) is 2.22. The van der Waals surface area contributed by atoms with Crippen molar-refractivity contribution in [1.29, 1.82) is 0 Å². The van der Waals surface area contributed by atoms with Crippen LogP contribution >= 0.6 is 11.9 Å². The van der Waals surface area contributed by atoms with Crippen LogP contribution in [0.1, 0.15) is 48.0 Å². The second kappa shape index (κ2) is 8.64. The van der Waals surface area contributed by atoms with Gasteiger partial charge in [-0.15, -0.1) is 6.58 Å². The van der Waals surface area contributed by atoms with Gasteiger partial charge in [0.05, 0.1) is 0 Å². The summed E-state index contributed by atoms with van der Waals surface area (Å²) < 4.78 is 3.67. The van der Waals surface area contributed by atoms with Gasteiger partial charge in [-0.2, -0.15) is 0 Å². The van der Waals surface area contributed by atoms with Crippen LogP contribution in [0.25, 0.3) is 0 Å². The molecule has 0 radical (unpaired) electrons. The zero-order valence-electron chi connectivity index (χ0n) is 9.98. The molecule has 0 saturated heterocycles. The van der Waals surface area contributed by atoms with Gasteiger partial charge in [0.1, 0.15) is 0 Å². The van der Waals surface area contributed by atoms with Crippen molar-refractivity contribution in [3.8, 4) is 0 Å². The molecule has 0 heterocycles. The van der Waals surface area contributed by atoms with Gasteiger partial charge in [0, 0.05) is 10.8 Å². The monoisotopic (exact) mass is 203 g/mol. The van der Waals surface area contributed by atoms with Gasteiger partial charge in [-0.05, 0) is 34.1 Å². The Kier molecular flexibility index (Phi) is 10.3. The Bertz CT molecular complexity index is 116. The highest BCUT2D eigenvalue weighted by atomic mass is 32.2. The summed E-state index contributed by atoms with van der Waals surface area (Å²) in [7, 11) is 0. The minimum absolute atomic E-state index is 0.301. The fourth-order valence-corrected chi connectivity index (χ4v) is 1.23. The highest BCUT2D eigenvalue weighted by Gasteiger charge is 2.11. The van der Waals surface area contributed by atoms with Gasteiger partial charge in [-0.25, -0.2) is 0 Å². The Labute approximate surface area is 88.5 Å². The van der Waals surface area contributed by atoms with Crippen LogP contribution in [0.5, 0.6) is 0 Å². The van der Waals surface area contributed by atoms with E-state index in [9.17, 15) is 0 Å². The Morgan fingerprint density at radius 3 is 2.15 bits per heavy atom. The third kappa shape index (κ3) is 14.9. The maximum Gasteiger partial charge on any atom is 0.0220 e. The Hall–Kier alpha value is 0.0500. The van der Waals surface area contributed by atoms with E-state index in [-0.39, 0.29) is 0 Å². The molecule has 2 heteroatoms. The molecule has 0 aromatic carbocycles. The quantitative estimate of drug-likeness (QED) is 0.547. The largest absolute Gasteiger partial charge is 0.261 e. The Morgan fingerprint density at radius 1 is 1.38 bits per heavy atom. The minimum Gasteiger partial charge on any atom is -0.261 e. The molecule has 0 saturated carbocycles. The molecule has 0 spiro atoms. The van der Waals surface area contributed by atoms with Crippen molar-refractivity contribution in [3.63, 3.8) is 0 Å². The van der Waals surface area contributed by atoms with Gasteiger partial charge in [-0.3, -0.25) is 4.72 Å². The van der Waals surface area contributed by atoms with Gasteiger partial charge in [0.15, 0.2) is 0 Å². The summed E-state index contributed by atoms with van der Waals surface area (Å²) >= 11 is 1.78. The molecule has 0 amide bonds. The molecule has 13 heavy (non-hydrogen) atoms. The lowest BCUT2D eigenvalue weighted by atomic mass is 10.2. The number of rotatable bonds is 4. The van der Waals surface area contributed by atoms with E-state index in [0.717, 1.165) is 6.42 Å².